The van der Waals surface area contributed by atoms with Gasteiger partial charge in [0.05, 0.1) is 0 Å². The molecule has 0 bridgehead atoms. The van der Waals surface area contributed by atoms with Crippen molar-refractivity contribution in [3.05, 3.63) is 25.1 Å². The molecule has 0 fully saturated rings. The van der Waals surface area contributed by atoms with Crippen LogP contribution < -0.4 is 0 Å². The third-order valence-corrected chi connectivity index (χ3v) is 0.909. The Labute approximate surface area is 62.6 Å². The van der Waals surface area contributed by atoms with Crippen LogP contribution in [0.1, 0.15) is 6.92 Å². The van der Waals surface area contributed by atoms with E-state index in [-0.39, 0.29) is 0 Å². The smallest absolute Gasteiger partial charge is 0.0386 e. The van der Waals surface area contributed by atoms with Gasteiger partial charge in [-0.2, -0.15) is 0 Å². The lowest BCUT2D eigenvalue weighted by atomic mass is 10.4. The molecule has 0 aliphatic heterocycles. The van der Waals surface area contributed by atoms with Crippen molar-refractivity contribution < 1.29 is 0 Å². The fourth-order valence-electron chi connectivity index (χ4n) is 0.444. The second kappa shape index (κ2) is 4.79. The quantitative estimate of drug-likeness (QED) is 0.541. The minimum Gasteiger partial charge on any atom is -0.383 e. The first kappa shape index (κ1) is 8.95. The fourth-order valence-corrected chi connectivity index (χ4v) is 0.444. The summed E-state index contributed by atoms with van der Waals surface area (Å²) in [4.78, 5) is 5.92. The van der Waals surface area contributed by atoms with E-state index in [4.69, 9.17) is 0 Å². The number of hydrogen-bond donors (Lipinski definition) is 0. The normalized spacial score (nSPS) is 12.1. The molecule has 2 heteroatoms. The van der Waals surface area contributed by atoms with Gasteiger partial charge >= 0.3 is 0 Å². The molecule has 0 amide bonds. The number of aliphatic imine (C=N–C) groups is 1. The molecule has 2 nitrogen and oxygen atoms in total. The van der Waals surface area contributed by atoms with Crippen LogP contribution in [0.3, 0.4) is 0 Å². The summed E-state index contributed by atoms with van der Waals surface area (Å²) in [6.07, 6.45) is 5.42. The zero-order chi connectivity index (χ0) is 7.98. The molecule has 56 valence electrons. The number of nitrogens with zero attached hydrogens (tertiary/aromatic N) is 2. The maximum Gasteiger partial charge on any atom is 0.0386 e. The highest BCUT2D eigenvalue weighted by Gasteiger charge is 1.79. The van der Waals surface area contributed by atoms with Gasteiger partial charge in [0.15, 0.2) is 0 Å². The molecule has 0 aromatic carbocycles. The molecule has 0 unspecified atom stereocenters. The average molecular weight is 138 g/mol. The van der Waals surface area contributed by atoms with E-state index in [0.717, 1.165) is 5.71 Å². The number of allylic oxidation sites excluding steroid dienone is 1. The van der Waals surface area contributed by atoms with Gasteiger partial charge in [-0.25, -0.2) is 0 Å². The van der Waals surface area contributed by atoms with Crippen molar-refractivity contribution in [3.8, 4) is 0 Å². The molecule has 0 saturated heterocycles. The first-order valence-electron chi connectivity index (χ1n) is 3.16. The first-order valence-corrected chi connectivity index (χ1v) is 3.16. The lowest BCUT2D eigenvalue weighted by Gasteiger charge is -2.01. The van der Waals surface area contributed by atoms with Crippen molar-refractivity contribution in [2.45, 2.75) is 6.92 Å². The molecule has 0 saturated carbocycles. The Morgan fingerprint density at radius 1 is 1.50 bits per heavy atom. The summed E-state index contributed by atoms with van der Waals surface area (Å²) in [5.74, 6) is 0. The van der Waals surface area contributed by atoms with Crippen LogP contribution in [-0.2, 0) is 0 Å². The van der Waals surface area contributed by atoms with Gasteiger partial charge in [0.2, 0.25) is 0 Å². The molecule has 0 N–H and O–H groups in total. The summed E-state index contributed by atoms with van der Waals surface area (Å²) in [5, 5.41) is 0. The van der Waals surface area contributed by atoms with Crippen molar-refractivity contribution in [3.63, 3.8) is 0 Å². The van der Waals surface area contributed by atoms with Gasteiger partial charge in [0.25, 0.3) is 0 Å². The summed E-state index contributed by atoms with van der Waals surface area (Å²) in [5.41, 5.74) is 0.962. The molecular weight excluding hydrogens is 124 g/mol. The van der Waals surface area contributed by atoms with Crippen LogP contribution in [0.2, 0.25) is 0 Å². The van der Waals surface area contributed by atoms with Gasteiger partial charge in [-0.05, 0) is 13.0 Å². The summed E-state index contributed by atoms with van der Waals surface area (Å²) in [6, 6.07) is 0. The third-order valence-electron chi connectivity index (χ3n) is 0.909. The number of hydrogen-bond acceptors (Lipinski definition) is 2. The molecular formula is C8H14N2. The van der Waals surface area contributed by atoms with E-state index >= 15 is 0 Å². The van der Waals surface area contributed by atoms with Gasteiger partial charge in [-0.1, -0.05) is 6.58 Å². The molecule has 0 spiro atoms. The fraction of sp³-hybridized carbons (Fsp3) is 0.375. The van der Waals surface area contributed by atoms with Crippen LogP contribution in [0.4, 0.5) is 0 Å². The molecule has 0 heterocycles. The maximum absolute atomic E-state index is 3.96. The predicted octanol–water partition coefficient (Wildman–Crippen LogP) is 1.67. The van der Waals surface area contributed by atoms with Crippen molar-refractivity contribution in [1.82, 2.24) is 4.90 Å². The highest BCUT2D eigenvalue weighted by Crippen LogP contribution is 1.83. The standard InChI is InChI=1S/C8H14N2/c1-5-9-8(2)6-7-10(3)4/h5-7H,1H2,2-4H3/b7-6-,9-8-. The second-order valence-electron chi connectivity index (χ2n) is 2.23. The zero-order valence-corrected chi connectivity index (χ0v) is 6.83. The first-order chi connectivity index (χ1) is 4.66. The topological polar surface area (TPSA) is 15.6 Å². The molecule has 10 heavy (non-hydrogen) atoms. The van der Waals surface area contributed by atoms with Crippen molar-refractivity contribution >= 4 is 5.71 Å². The lowest BCUT2D eigenvalue weighted by molar-refractivity contribution is 0.564. The van der Waals surface area contributed by atoms with Crippen molar-refractivity contribution in [2.24, 2.45) is 4.99 Å². The highest BCUT2D eigenvalue weighted by atomic mass is 15.0. The zero-order valence-electron chi connectivity index (χ0n) is 6.83. The molecule has 0 aromatic rings. The Balaban J connectivity index is 3.88. The van der Waals surface area contributed by atoms with Crippen LogP contribution in [0.15, 0.2) is 30.0 Å². The molecule has 0 radical (unpaired) electrons. The summed E-state index contributed by atoms with van der Waals surface area (Å²) < 4.78 is 0. The Hall–Kier alpha value is -1.05. The van der Waals surface area contributed by atoms with Crippen LogP contribution in [-0.4, -0.2) is 24.7 Å². The van der Waals surface area contributed by atoms with E-state index in [9.17, 15) is 0 Å². The van der Waals surface area contributed by atoms with E-state index in [1.807, 2.05) is 38.2 Å². The third kappa shape index (κ3) is 5.09. The average Bonchev–Trinajstić information content (AvgIpc) is 1.85. The summed E-state index contributed by atoms with van der Waals surface area (Å²) in [7, 11) is 3.94. The summed E-state index contributed by atoms with van der Waals surface area (Å²) >= 11 is 0. The van der Waals surface area contributed by atoms with Gasteiger partial charge in [0.1, 0.15) is 0 Å². The van der Waals surface area contributed by atoms with E-state index in [0.29, 0.717) is 0 Å². The van der Waals surface area contributed by atoms with Gasteiger partial charge in [-0.3, -0.25) is 4.99 Å². The minimum atomic E-state index is 0.962. The van der Waals surface area contributed by atoms with Crippen LogP contribution in [0.25, 0.3) is 0 Å². The summed E-state index contributed by atoms with van der Waals surface area (Å²) in [6.45, 7) is 5.42. The predicted molar refractivity (Wildman–Crippen MR) is 46.1 cm³/mol. The van der Waals surface area contributed by atoms with E-state index in [1.165, 1.54) is 6.20 Å². The van der Waals surface area contributed by atoms with Crippen molar-refractivity contribution in [1.29, 1.82) is 0 Å². The molecule has 0 atom stereocenters. The van der Waals surface area contributed by atoms with E-state index in [2.05, 4.69) is 11.6 Å². The largest absolute Gasteiger partial charge is 0.383 e. The Morgan fingerprint density at radius 2 is 2.10 bits per heavy atom. The van der Waals surface area contributed by atoms with Gasteiger partial charge in [0, 0.05) is 32.2 Å². The monoisotopic (exact) mass is 138 g/mol. The Morgan fingerprint density at radius 3 is 2.50 bits per heavy atom. The van der Waals surface area contributed by atoms with Gasteiger partial charge < -0.3 is 4.90 Å². The van der Waals surface area contributed by atoms with Crippen LogP contribution in [0.5, 0.6) is 0 Å². The maximum atomic E-state index is 3.96. The molecule has 0 aliphatic rings. The van der Waals surface area contributed by atoms with E-state index in [1.54, 1.807) is 0 Å². The Bertz CT molecular complexity index is 155. The lowest BCUT2D eigenvalue weighted by Crippen LogP contribution is -2.01. The second-order valence-corrected chi connectivity index (χ2v) is 2.23. The molecule has 0 rings (SSSR count). The molecule has 0 aliphatic carbocycles. The highest BCUT2D eigenvalue weighted by molar-refractivity contribution is 5.92. The minimum absolute atomic E-state index is 0.962. The van der Waals surface area contributed by atoms with Crippen molar-refractivity contribution in [2.75, 3.05) is 14.1 Å². The SMILES string of the molecule is C=C/N=C(C)\C=C/N(C)C. The van der Waals surface area contributed by atoms with E-state index < -0.39 is 0 Å². The van der Waals surface area contributed by atoms with Crippen LogP contribution >= 0.6 is 0 Å². The number of rotatable bonds is 3. The van der Waals surface area contributed by atoms with Gasteiger partial charge in [-0.15, -0.1) is 0 Å². The Kier molecular flexibility index (Phi) is 4.29. The molecule has 0 aromatic heterocycles. The van der Waals surface area contributed by atoms with Crippen LogP contribution in [0, 0.1) is 0 Å².